The summed E-state index contributed by atoms with van der Waals surface area (Å²) in [6.45, 7) is 3.43. The molecule has 35 heavy (non-hydrogen) atoms. The van der Waals surface area contributed by atoms with E-state index in [1.54, 1.807) is 0 Å². The van der Waals surface area contributed by atoms with Crippen molar-refractivity contribution in [1.29, 1.82) is 0 Å². The molecule has 0 atom stereocenters. The molecule has 0 amide bonds. The lowest BCUT2D eigenvalue weighted by molar-refractivity contribution is -0.112. The molecule has 0 N–H and O–H groups in total. The maximum atomic E-state index is 13.1. The van der Waals surface area contributed by atoms with Crippen LogP contribution in [0.3, 0.4) is 0 Å². The van der Waals surface area contributed by atoms with Gasteiger partial charge in [0, 0.05) is 24.2 Å². The van der Waals surface area contributed by atoms with Gasteiger partial charge in [0.15, 0.2) is 5.78 Å². The molecule has 0 aliphatic heterocycles. The second-order valence-corrected chi connectivity index (χ2v) is 9.67. The molecular weight excluding hydrogens is 436 g/mol. The highest BCUT2D eigenvalue weighted by atomic mass is 16.5. The third kappa shape index (κ3) is 9.35. The highest BCUT2D eigenvalue weighted by molar-refractivity contribution is 6.13. The molecule has 0 unspecified atom stereocenters. The Morgan fingerprint density at radius 2 is 1.09 bits per heavy atom. The molecule has 0 aromatic heterocycles. The Bertz CT molecular complexity index is 910. The first-order valence-corrected chi connectivity index (χ1v) is 12.6. The van der Waals surface area contributed by atoms with Crippen LogP contribution in [0, 0.1) is 0 Å². The fourth-order valence-corrected chi connectivity index (χ4v) is 4.04. The van der Waals surface area contributed by atoms with Crippen molar-refractivity contribution in [2.45, 2.75) is 32.1 Å². The van der Waals surface area contributed by atoms with Crippen LogP contribution in [-0.4, -0.2) is 70.1 Å². The van der Waals surface area contributed by atoms with Crippen molar-refractivity contribution in [3.63, 3.8) is 0 Å². The van der Waals surface area contributed by atoms with Crippen LogP contribution in [-0.2, 0) is 4.79 Å². The average molecular weight is 477 g/mol. The number of ketones is 1. The highest BCUT2D eigenvalue weighted by Gasteiger charge is 2.20. The molecule has 0 radical (unpaired) electrons. The Kier molecular flexibility index (Phi) is 10.6. The molecule has 5 heteroatoms. The minimum Gasteiger partial charge on any atom is -0.494 e. The molecule has 188 valence electrons. The molecule has 0 saturated heterocycles. The number of hydrogen-bond acceptors (Lipinski definition) is 5. The van der Waals surface area contributed by atoms with Crippen molar-refractivity contribution in [2.75, 3.05) is 54.5 Å². The van der Waals surface area contributed by atoms with Crippen LogP contribution in [0.2, 0.25) is 0 Å². The van der Waals surface area contributed by atoms with E-state index in [1.165, 1.54) is 0 Å². The van der Waals surface area contributed by atoms with Crippen LogP contribution in [0.5, 0.6) is 11.5 Å². The Labute approximate surface area is 211 Å². The molecular formula is C30H40N2O3. The quantitative estimate of drug-likeness (QED) is 0.296. The van der Waals surface area contributed by atoms with E-state index in [0.717, 1.165) is 79.0 Å². The second kappa shape index (κ2) is 13.9. The van der Waals surface area contributed by atoms with Gasteiger partial charge in [0.1, 0.15) is 11.5 Å². The predicted octanol–water partition coefficient (Wildman–Crippen LogP) is 5.57. The highest BCUT2D eigenvalue weighted by Crippen LogP contribution is 2.29. The van der Waals surface area contributed by atoms with Crippen LogP contribution in [0.4, 0.5) is 0 Å². The molecule has 5 nitrogen and oxygen atoms in total. The molecule has 1 fully saturated rings. The molecule has 0 spiro atoms. The van der Waals surface area contributed by atoms with Crippen LogP contribution in [0.1, 0.15) is 43.2 Å². The lowest BCUT2D eigenvalue weighted by atomic mass is 9.87. The first-order chi connectivity index (χ1) is 16.9. The lowest BCUT2D eigenvalue weighted by Crippen LogP contribution is -2.15. The summed E-state index contributed by atoms with van der Waals surface area (Å²) in [5, 5.41) is 0. The van der Waals surface area contributed by atoms with Gasteiger partial charge in [-0.05, 0) is 108 Å². The van der Waals surface area contributed by atoms with E-state index in [4.69, 9.17) is 9.47 Å². The number of carbonyl (C=O) groups excluding carboxylic acids is 1. The Morgan fingerprint density at radius 3 is 1.46 bits per heavy atom. The van der Waals surface area contributed by atoms with Crippen LogP contribution < -0.4 is 9.47 Å². The van der Waals surface area contributed by atoms with Gasteiger partial charge in [-0.25, -0.2) is 0 Å². The Balaban J connectivity index is 1.56. The third-order valence-corrected chi connectivity index (χ3v) is 5.95. The van der Waals surface area contributed by atoms with Crippen LogP contribution >= 0.6 is 0 Å². The summed E-state index contributed by atoms with van der Waals surface area (Å²) in [6, 6.07) is 16.0. The minimum atomic E-state index is 0.157. The Morgan fingerprint density at radius 1 is 0.686 bits per heavy atom. The van der Waals surface area contributed by atoms with Gasteiger partial charge in [-0.2, -0.15) is 0 Å². The number of ether oxygens (including phenoxy) is 2. The molecule has 1 aliphatic rings. The number of nitrogens with zero attached hydrogens (tertiary/aromatic N) is 2. The average Bonchev–Trinajstić information content (AvgIpc) is 2.84. The first-order valence-electron chi connectivity index (χ1n) is 12.6. The molecule has 2 aromatic rings. The summed E-state index contributed by atoms with van der Waals surface area (Å²) in [5.74, 6) is 1.89. The van der Waals surface area contributed by atoms with E-state index in [0.29, 0.717) is 13.2 Å². The number of benzene rings is 2. The van der Waals surface area contributed by atoms with Gasteiger partial charge < -0.3 is 19.3 Å². The van der Waals surface area contributed by atoms with E-state index in [1.807, 2.05) is 60.7 Å². The van der Waals surface area contributed by atoms with Crippen molar-refractivity contribution in [3.8, 4) is 11.5 Å². The summed E-state index contributed by atoms with van der Waals surface area (Å²) in [5.41, 5.74) is 3.82. The van der Waals surface area contributed by atoms with E-state index >= 15 is 0 Å². The summed E-state index contributed by atoms with van der Waals surface area (Å²) >= 11 is 0. The number of allylic oxidation sites excluding steroid dienone is 2. The van der Waals surface area contributed by atoms with Gasteiger partial charge in [-0.15, -0.1) is 0 Å². The predicted molar refractivity (Wildman–Crippen MR) is 145 cm³/mol. The van der Waals surface area contributed by atoms with Crippen molar-refractivity contribution in [3.05, 3.63) is 70.8 Å². The van der Waals surface area contributed by atoms with Gasteiger partial charge in [0.2, 0.25) is 0 Å². The summed E-state index contributed by atoms with van der Waals surface area (Å²) < 4.78 is 11.6. The number of Topliss-reactive ketones (excluding diaryl/α,β-unsaturated/α-hetero) is 1. The van der Waals surface area contributed by atoms with Crippen LogP contribution in [0.25, 0.3) is 12.2 Å². The fourth-order valence-electron chi connectivity index (χ4n) is 4.04. The summed E-state index contributed by atoms with van der Waals surface area (Å²) in [4.78, 5) is 17.4. The normalized spacial score (nSPS) is 16.5. The van der Waals surface area contributed by atoms with Gasteiger partial charge in [0.05, 0.1) is 13.2 Å². The maximum absolute atomic E-state index is 13.1. The molecule has 1 saturated carbocycles. The van der Waals surface area contributed by atoms with Gasteiger partial charge in [-0.1, -0.05) is 24.3 Å². The second-order valence-electron chi connectivity index (χ2n) is 9.67. The van der Waals surface area contributed by atoms with E-state index < -0.39 is 0 Å². The monoisotopic (exact) mass is 476 g/mol. The maximum Gasteiger partial charge on any atom is 0.185 e. The number of hydrogen-bond donors (Lipinski definition) is 0. The SMILES string of the molecule is CN(C)CCCOc1ccc(/C=C2/CCC/C(=C/c3ccc(OCCCN(C)C)cc3)C2=O)cc1. The van der Waals surface area contributed by atoms with Gasteiger partial charge in [-0.3, -0.25) is 4.79 Å². The zero-order valence-electron chi connectivity index (χ0n) is 21.8. The van der Waals surface area contributed by atoms with Gasteiger partial charge >= 0.3 is 0 Å². The molecule has 2 aromatic carbocycles. The smallest absolute Gasteiger partial charge is 0.185 e. The van der Waals surface area contributed by atoms with Crippen LogP contribution in [0.15, 0.2) is 59.7 Å². The first kappa shape index (κ1) is 26.7. The zero-order chi connectivity index (χ0) is 25.0. The van der Waals surface area contributed by atoms with E-state index in [2.05, 4.69) is 38.0 Å². The fraction of sp³-hybridized carbons (Fsp3) is 0.433. The summed E-state index contributed by atoms with van der Waals surface area (Å²) in [6.07, 6.45) is 8.66. The topological polar surface area (TPSA) is 42.0 Å². The lowest BCUT2D eigenvalue weighted by Gasteiger charge is -2.17. The minimum absolute atomic E-state index is 0.157. The van der Waals surface area contributed by atoms with E-state index in [9.17, 15) is 4.79 Å². The summed E-state index contributed by atoms with van der Waals surface area (Å²) in [7, 11) is 8.26. The molecule has 0 bridgehead atoms. The van der Waals surface area contributed by atoms with Gasteiger partial charge in [0.25, 0.3) is 0 Å². The molecule has 3 rings (SSSR count). The Hall–Kier alpha value is -2.89. The van der Waals surface area contributed by atoms with E-state index in [-0.39, 0.29) is 5.78 Å². The van der Waals surface area contributed by atoms with Crippen molar-refractivity contribution in [1.82, 2.24) is 9.80 Å². The largest absolute Gasteiger partial charge is 0.494 e. The molecule has 1 aliphatic carbocycles. The molecule has 0 heterocycles. The van der Waals surface area contributed by atoms with Crippen molar-refractivity contribution in [2.24, 2.45) is 0 Å². The van der Waals surface area contributed by atoms with Crippen molar-refractivity contribution >= 4 is 17.9 Å². The number of carbonyl (C=O) groups is 1. The zero-order valence-corrected chi connectivity index (χ0v) is 21.8. The number of rotatable bonds is 12. The van der Waals surface area contributed by atoms with Crippen molar-refractivity contribution < 1.29 is 14.3 Å². The third-order valence-electron chi connectivity index (χ3n) is 5.95. The standard InChI is InChI=1S/C30H40N2O3/c1-31(2)18-6-20-34-28-14-10-24(11-15-28)22-26-8-5-9-27(30(26)33)23-25-12-16-29(17-13-25)35-21-7-19-32(3)4/h10-17,22-23H,5-9,18-21H2,1-4H3/b26-22-,27-23-.